The summed E-state index contributed by atoms with van der Waals surface area (Å²) in [5.41, 5.74) is 1.89. The van der Waals surface area contributed by atoms with Gasteiger partial charge in [0.25, 0.3) is 0 Å². The fraction of sp³-hybridized carbons (Fsp3) is 0.125. The Morgan fingerprint density at radius 1 is 1.04 bits per heavy atom. The van der Waals surface area contributed by atoms with Gasteiger partial charge < -0.3 is 4.98 Å². The number of aromatic nitrogens is 4. The lowest BCUT2D eigenvalue weighted by molar-refractivity contribution is 0.0984. The van der Waals surface area contributed by atoms with Crippen LogP contribution < -0.4 is 0 Å². The molecule has 0 bridgehead atoms. The van der Waals surface area contributed by atoms with E-state index in [1.165, 1.54) is 30.9 Å². The summed E-state index contributed by atoms with van der Waals surface area (Å²) in [6.07, 6.45) is 4.47. The predicted molar refractivity (Wildman–Crippen MR) is 79.6 cm³/mol. The number of nitrogens with zero attached hydrogens (tertiary/aromatic N) is 2. The monoisotopic (exact) mass is 312 g/mol. The highest BCUT2D eigenvalue weighted by molar-refractivity contribution is 6.00. The summed E-state index contributed by atoms with van der Waals surface area (Å²) in [7, 11) is 0. The molecule has 1 aromatic carbocycles. The number of Topliss-reactive ketones (excluding diaryl/α,β-unsaturated/α-hetero) is 2. The molecule has 0 saturated carbocycles. The highest BCUT2D eigenvalue weighted by Crippen LogP contribution is 2.13. The third-order valence-electron chi connectivity index (χ3n) is 3.42. The molecule has 0 aliphatic heterocycles. The Morgan fingerprint density at radius 3 is 2.52 bits per heavy atom. The van der Waals surface area contributed by atoms with Crippen molar-refractivity contribution in [1.82, 2.24) is 20.2 Å². The van der Waals surface area contributed by atoms with Crippen molar-refractivity contribution in [2.45, 2.75) is 12.8 Å². The summed E-state index contributed by atoms with van der Waals surface area (Å²) in [5, 5.41) is 6.49. The lowest BCUT2D eigenvalue weighted by atomic mass is 10.0. The van der Waals surface area contributed by atoms with Crippen molar-refractivity contribution < 1.29 is 14.0 Å². The molecule has 0 atom stereocenters. The van der Waals surface area contributed by atoms with E-state index in [4.69, 9.17) is 0 Å². The van der Waals surface area contributed by atoms with Crippen LogP contribution >= 0.6 is 0 Å². The van der Waals surface area contributed by atoms with Crippen molar-refractivity contribution in [2.75, 3.05) is 0 Å². The second kappa shape index (κ2) is 6.35. The number of halogens is 1. The molecule has 0 radical (unpaired) electrons. The van der Waals surface area contributed by atoms with E-state index in [-0.39, 0.29) is 30.2 Å². The second-order valence-corrected chi connectivity index (χ2v) is 5.06. The Balaban J connectivity index is 1.73. The SMILES string of the molecule is O=C(Cc1cn[nH]c1C(=O)Cc1ccc(F)cc1)c1cnc[nH]1. The minimum atomic E-state index is -0.353. The number of ketones is 2. The summed E-state index contributed by atoms with van der Waals surface area (Å²) in [5.74, 6) is -0.741. The number of hydrogen-bond acceptors (Lipinski definition) is 4. The van der Waals surface area contributed by atoms with E-state index in [1.54, 1.807) is 12.1 Å². The molecular formula is C16H13FN4O2. The van der Waals surface area contributed by atoms with Gasteiger partial charge in [-0.25, -0.2) is 9.37 Å². The van der Waals surface area contributed by atoms with Gasteiger partial charge in [0.2, 0.25) is 0 Å². The van der Waals surface area contributed by atoms with Crippen molar-refractivity contribution in [3.8, 4) is 0 Å². The second-order valence-electron chi connectivity index (χ2n) is 5.06. The molecule has 3 aromatic rings. The first-order valence-corrected chi connectivity index (χ1v) is 6.95. The lowest BCUT2D eigenvalue weighted by Gasteiger charge is -2.03. The van der Waals surface area contributed by atoms with Crippen LogP contribution in [0.25, 0.3) is 0 Å². The van der Waals surface area contributed by atoms with Crippen molar-refractivity contribution in [1.29, 1.82) is 0 Å². The fourth-order valence-corrected chi connectivity index (χ4v) is 2.24. The number of benzene rings is 1. The van der Waals surface area contributed by atoms with Crippen LogP contribution in [0, 0.1) is 5.82 Å². The highest BCUT2D eigenvalue weighted by atomic mass is 19.1. The zero-order valence-electron chi connectivity index (χ0n) is 12.0. The molecule has 0 fully saturated rings. The molecule has 23 heavy (non-hydrogen) atoms. The van der Waals surface area contributed by atoms with Gasteiger partial charge in [0.15, 0.2) is 11.6 Å². The number of rotatable bonds is 6. The van der Waals surface area contributed by atoms with E-state index in [2.05, 4.69) is 20.2 Å². The first kappa shape index (κ1) is 14.8. The minimum Gasteiger partial charge on any atom is -0.342 e. The third kappa shape index (κ3) is 3.39. The maximum atomic E-state index is 12.9. The van der Waals surface area contributed by atoms with E-state index in [0.29, 0.717) is 22.5 Å². The van der Waals surface area contributed by atoms with Crippen LogP contribution in [0.3, 0.4) is 0 Å². The molecule has 0 aliphatic carbocycles. The minimum absolute atomic E-state index is 0.0448. The average Bonchev–Trinajstić information content (AvgIpc) is 3.20. The van der Waals surface area contributed by atoms with Crippen molar-refractivity contribution in [3.63, 3.8) is 0 Å². The molecule has 0 spiro atoms. The number of H-pyrrole nitrogens is 2. The average molecular weight is 312 g/mol. The Morgan fingerprint density at radius 2 is 1.83 bits per heavy atom. The predicted octanol–water partition coefficient (Wildman–Crippen LogP) is 2.12. The van der Waals surface area contributed by atoms with Crippen LogP contribution in [-0.2, 0) is 12.8 Å². The van der Waals surface area contributed by atoms with Gasteiger partial charge in [-0.2, -0.15) is 5.10 Å². The molecule has 2 heterocycles. The summed E-state index contributed by atoms with van der Waals surface area (Å²) >= 11 is 0. The first-order valence-electron chi connectivity index (χ1n) is 6.95. The van der Waals surface area contributed by atoms with Crippen molar-refractivity contribution in [2.24, 2.45) is 0 Å². The maximum absolute atomic E-state index is 12.9. The molecular weight excluding hydrogens is 299 g/mol. The van der Waals surface area contributed by atoms with E-state index in [0.717, 1.165) is 0 Å². The molecule has 0 aliphatic rings. The molecule has 7 heteroatoms. The zero-order chi connectivity index (χ0) is 16.2. The summed E-state index contributed by atoms with van der Waals surface area (Å²) in [6.45, 7) is 0. The molecule has 0 unspecified atom stereocenters. The van der Waals surface area contributed by atoms with Gasteiger partial charge in [-0.15, -0.1) is 0 Å². The zero-order valence-corrected chi connectivity index (χ0v) is 12.0. The van der Waals surface area contributed by atoms with Gasteiger partial charge in [-0.3, -0.25) is 14.7 Å². The smallest absolute Gasteiger partial charge is 0.185 e. The van der Waals surface area contributed by atoms with Gasteiger partial charge in [-0.1, -0.05) is 12.1 Å². The van der Waals surface area contributed by atoms with Crippen LogP contribution in [0.4, 0.5) is 4.39 Å². The maximum Gasteiger partial charge on any atom is 0.185 e. The third-order valence-corrected chi connectivity index (χ3v) is 3.42. The fourth-order valence-electron chi connectivity index (χ4n) is 2.24. The van der Waals surface area contributed by atoms with E-state index < -0.39 is 0 Å². The van der Waals surface area contributed by atoms with Crippen LogP contribution in [0.15, 0.2) is 43.0 Å². The Labute approximate surface area is 130 Å². The van der Waals surface area contributed by atoms with Gasteiger partial charge in [0.05, 0.1) is 18.7 Å². The topological polar surface area (TPSA) is 91.5 Å². The van der Waals surface area contributed by atoms with Crippen LogP contribution in [-0.4, -0.2) is 31.7 Å². The standard InChI is InChI=1S/C16H13FN4O2/c17-12-3-1-10(2-4-12)5-15(23)16-11(7-20-21-16)6-14(22)13-8-18-9-19-13/h1-4,7-9H,5-6H2,(H,18,19)(H,20,21). The number of imidazole rings is 1. The summed E-state index contributed by atoms with van der Waals surface area (Å²) < 4.78 is 12.9. The van der Waals surface area contributed by atoms with Crippen molar-refractivity contribution in [3.05, 3.63) is 71.3 Å². The Kier molecular flexibility index (Phi) is 4.09. The van der Waals surface area contributed by atoms with Crippen LogP contribution in [0.5, 0.6) is 0 Å². The summed E-state index contributed by atoms with van der Waals surface area (Å²) in [4.78, 5) is 31.0. The van der Waals surface area contributed by atoms with Crippen LogP contribution in [0.2, 0.25) is 0 Å². The normalized spacial score (nSPS) is 10.7. The lowest BCUT2D eigenvalue weighted by Crippen LogP contribution is -2.10. The van der Waals surface area contributed by atoms with Gasteiger partial charge in [-0.05, 0) is 17.7 Å². The van der Waals surface area contributed by atoms with Gasteiger partial charge in [0.1, 0.15) is 17.2 Å². The van der Waals surface area contributed by atoms with E-state index in [9.17, 15) is 14.0 Å². The van der Waals surface area contributed by atoms with Crippen molar-refractivity contribution >= 4 is 11.6 Å². The van der Waals surface area contributed by atoms with E-state index >= 15 is 0 Å². The Bertz CT molecular complexity index is 822. The number of nitrogens with one attached hydrogen (secondary N) is 2. The Hall–Kier alpha value is -3.09. The quantitative estimate of drug-likeness (QED) is 0.682. The number of hydrogen-bond donors (Lipinski definition) is 2. The number of aromatic amines is 2. The largest absolute Gasteiger partial charge is 0.342 e. The number of carbonyl (C=O) groups is 2. The van der Waals surface area contributed by atoms with Gasteiger partial charge >= 0.3 is 0 Å². The number of carbonyl (C=O) groups excluding carboxylic acids is 2. The van der Waals surface area contributed by atoms with Gasteiger partial charge in [0, 0.05) is 18.4 Å². The molecule has 2 N–H and O–H groups in total. The molecule has 3 rings (SSSR count). The molecule has 2 aromatic heterocycles. The molecule has 6 nitrogen and oxygen atoms in total. The van der Waals surface area contributed by atoms with E-state index in [1.807, 2.05) is 0 Å². The summed E-state index contributed by atoms with van der Waals surface area (Å²) in [6, 6.07) is 5.72. The molecule has 116 valence electrons. The first-order chi connectivity index (χ1) is 11.1. The molecule has 0 saturated heterocycles. The van der Waals surface area contributed by atoms with Crippen LogP contribution in [0.1, 0.15) is 32.1 Å². The highest BCUT2D eigenvalue weighted by Gasteiger charge is 2.18. The molecule has 0 amide bonds.